The van der Waals surface area contributed by atoms with Crippen LogP contribution in [0.25, 0.3) is 11.1 Å². The molecule has 1 heterocycles. The second-order valence-electron chi connectivity index (χ2n) is 8.95. The summed E-state index contributed by atoms with van der Waals surface area (Å²) in [4.78, 5) is 27.8. The van der Waals surface area contributed by atoms with Gasteiger partial charge in [0.1, 0.15) is 12.0 Å². The molecule has 33 heavy (non-hydrogen) atoms. The largest absolute Gasteiger partial charge is 0.405 e. The number of likely N-dealkylation sites (tertiary alicyclic amines) is 1. The molecular weight excluding hydrogens is 431 g/mol. The minimum absolute atomic E-state index is 0.153. The van der Waals surface area contributed by atoms with Crippen LogP contribution in [0.5, 0.6) is 0 Å². The third-order valence-corrected chi connectivity index (χ3v) is 6.75. The van der Waals surface area contributed by atoms with Crippen LogP contribution in [-0.2, 0) is 10.2 Å². The molecule has 0 atom stereocenters. The van der Waals surface area contributed by atoms with Gasteiger partial charge in [-0.1, -0.05) is 55.5 Å². The smallest absolute Gasteiger partial charge is 0.346 e. The zero-order valence-electron chi connectivity index (χ0n) is 18.5. The second-order valence-corrected chi connectivity index (χ2v) is 8.95. The molecule has 0 saturated carbocycles. The summed E-state index contributed by atoms with van der Waals surface area (Å²) in [5.74, 6) is -0.126. The zero-order chi connectivity index (χ0) is 23.6. The molecule has 2 aromatic carbocycles. The number of nitrogens with zero attached hydrogens (tertiary/aromatic N) is 1. The van der Waals surface area contributed by atoms with E-state index < -0.39 is 24.0 Å². The highest BCUT2D eigenvalue weighted by Gasteiger charge is 2.49. The second kappa shape index (κ2) is 9.08. The number of hydrogen-bond donors (Lipinski definition) is 2. The van der Waals surface area contributed by atoms with Crippen molar-refractivity contribution in [2.45, 2.75) is 37.8 Å². The first kappa shape index (κ1) is 23.1. The van der Waals surface area contributed by atoms with Gasteiger partial charge >= 0.3 is 12.2 Å². The number of piperidine rings is 1. The molecule has 176 valence electrons. The summed E-state index contributed by atoms with van der Waals surface area (Å²) in [7, 11) is 0. The number of nitrogens with one attached hydrogen (secondary N) is 2. The lowest BCUT2D eigenvalue weighted by Gasteiger charge is -2.33. The Morgan fingerprint density at radius 1 is 0.970 bits per heavy atom. The quantitative estimate of drug-likeness (QED) is 0.694. The summed E-state index contributed by atoms with van der Waals surface area (Å²) < 4.78 is 38.8. The summed E-state index contributed by atoms with van der Waals surface area (Å²) in [5, 5.41) is 5.00. The number of halogens is 3. The van der Waals surface area contributed by atoms with Gasteiger partial charge in [-0.25, -0.2) is 4.79 Å². The predicted octanol–water partition coefficient (Wildman–Crippen LogP) is 4.46. The highest BCUT2D eigenvalue weighted by atomic mass is 19.4. The van der Waals surface area contributed by atoms with Gasteiger partial charge in [-0.05, 0) is 47.4 Å². The number of carbonyl (C=O) groups is 2. The third kappa shape index (κ3) is 4.56. The van der Waals surface area contributed by atoms with Gasteiger partial charge in [0.05, 0.1) is 0 Å². The van der Waals surface area contributed by atoms with Crippen molar-refractivity contribution in [3.63, 3.8) is 0 Å². The fourth-order valence-electron chi connectivity index (χ4n) is 4.96. The van der Waals surface area contributed by atoms with Gasteiger partial charge in [0, 0.05) is 19.6 Å². The maximum absolute atomic E-state index is 13.4. The monoisotopic (exact) mass is 459 g/mol. The summed E-state index contributed by atoms with van der Waals surface area (Å²) in [6.07, 6.45) is -2.48. The molecule has 1 aliphatic heterocycles. The van der Waals surface area contributed by atoms with E-state index in [0.717, 1.165) is 24.0 Å². The number of carbonyl (C=O) groups excluding carboxylic acids is 2. The maximum atomic E-state index is 13.4. The van der Waals surface area contributed by atoms with Crippen LogP contribution in [0.1, 0.15) is 37.3 Å². The van der Waals surface area contributed by atoms with Crippen LogP contribution >= 0.6 is 0 Å². The molecule has 1 saturated heterocycles. The summed E-state index contributed by atoms with van der Waals surface area (Å²) in [5.41, 5.74) is 1.65. The number of alkyl halides is 3. The SMILES string of the molecule is CC1CCN(C(=O)NCCC2(C(=O)NCC(F)(F)F)c3ccccc3-c3ccccc32)CC1. The molecule has 1 fully saturated rings. The Kier molecular flexibility index (Phi) is 6.36. The first-order valence-electron chi connectivity index (χ1n) is 11.3. The Morgan fingerprint density at radius 2 is 1.52 bits per heavy atom. The normalized spacial score (nSPS) is 17.3. The Balaban J connectivity index is 1.61. The predicted molar refractivity (Wildman–Crippen MR) is 120 cm³/mol. The molecular formula is C25H28F3N3O2. The standard InChI is InChI=1S/C25H28F3N3O2/c1-17-10-14-31(15-11-17)23(33)29-13-12-24(22(32)30-16-25(26,27)28)20-8-4-2-6-18(20)19-7-3-5-9-21(19)24/h2-9,17H,10-16H2,1H3,(H,29,33)(H,30,32). The van der Waals surface area contributed by atoms with Crippen molar-refractivity contribution in [2.75, 3.05) is 26.2 Å². The van der Waals surface area contributed by atoms with Crippen LogP contribution in [0.3, 0.4) is 0 Å². The van der Waals surface area contributed by atoms with Gasteiger partial charge < -0.3 is 15.5 Å². The van der Waals surface area contributed by atoms with Gasteiger partial charge in [0.2, 0.25) is 5.91 Å². The fourth-order valence-corrected chi connectivity index (χ4v) is 4.96. The van der Waals surface area contributed by atoms with Crippen LogP contribution in [0.15, 0.2) is 48.5 Å². The molecule has 8 heteroatoms. The van der Waals surface area contributed by atoms with Crippen LogP contribution in [0, 0.1) is 5.92 Å². The highest BCUT2D eigenvalue weighted by Crippen LogP contribution is 2.50. The van der Waals surface area contributed by atoms with E-state index in [1.807, 2.05) is 24.3 Å². The molecule has 0 aromatic heterocycles. The zero-order valence-corrected chi connectivity index (χ0v) is 18.5. The van der Waals surface area contributed by atoms with Crippen molar-refractivity contribution in [3.8, 4) is 11.1 Å². The average molecular weight is 460 g/mol. The summed E-state index contributed by atoms with van der Waals surface area (Å²) in [6.45, 7) is 2.27. The Morgan fingerprint density at radius 3 is 2.06 bits per heavy atom. The topological polar surface area (TPSA) is 61.4 Å². The molecule has 0 spiro atoms. The van der Waals surface area contributed by atoms with Gasteiger partial charge in [-0.2, -0.15) is 13.2 Å². The Bertz CT molecular complexity index is 984. The number of amides is 3. The van der Waals surface area contributed by atoms with E-state index in [0.29, 0.717) is 30.1 Å². The van der Waals surface area contributed by atoms with E-state index in [2.05, 4.69) is 17.6 Å². The minimum Gasteiger partial charge on any atom is -0.346 e. The lowest BCUT2D eigenvalue weighted by molar-refractivity contribution is -0.141. The number of urea groups is 1. The maximum Gasteiger partial charge on any atom is 0.405 e. The van der Waals surface area contributed by atoms with Crippen molar-refractivity contribution in [1.82, 2.24) is 15.5 Å². The van der Waals surface area contributed by atoms with Crippen LogP contribution in [-0.4, -0.2) is 49.2 Å². The molecule has 1 aliphatic carbocycles. The van der Waals surface area contributed by atoms with E-state index in [1.54, 1.807) is 29.2 Å². The van der Waals surface area contributed by atoms with Crippen LogP contribution in [0.4, 0.5) is 18.0 Å². The minimum atomic E-state index is -4.52. The van der Waals surface area contributed by atoms with Crippen molar-refractivity contribution in [2.24, 2.45) is 5.92 Å². The molecule has 0 unspecified atom stereocenters. The molecule has 0 bridgehead atoms. The lowest BCUT2D eigenvalue weighted by atomic mass is 9.74. The molecule has 3 amide bonds. The molecule has 0 radical (unpaired) electrons. The van der Waals surface area contributed by atoms with Crippen molar-refractivity contribution < 1.29 is 22.8 Å². The van der Waals surface area contributed by atoms with Crippen molar-refractivity contribution in [1.29, 1.82) is 0 Å². The summed E-state index contributed by atoms with van der Waals surface area (Å²) in [6, 6.07) is 14.4. The lowest BCUT2D eigenvalue weighted by Crippen LogP contribution is -2.50. The first-order valence-corrected chi connectivity index (χ1v) is 11.3. The fraction of sp³-hybridized carbons (Fsp3) is 0.440. The van der Waals surface area contributed by atoms with Gasteiger partial charge in [-0.15, -0.1) is 0 Å². The van der Waals surface area contributed by atoms with Gasteiger partial charge in [0.15, 0.2) is 0 Å². The summed E-state index contributed by atoms with van der Waals surface area (Å²) >= 11 is 0. The third-order valence-electron chi connectivity index (χ3n) is 6.75. The van der Waals surface area contributed by atoms with E-state index in [9.17, 15) is 22.8 Å². The highest BCUT2D eigenvalue weighted by molar-refractivity contribution is 6.00. The number of hydrogen-bond acceptors (Lipinski definition) is 2. The van der Waals surface area contributed by atoms with Crippen molar-refractivity contribution >= 4 is 11.9 Å². The van der Waals surface area contributed by atoms with E-state index in [-0.39, 0.29) is 19.0 Å². The molecule has 2 N–H and O–H groups in total. The van der Waals surface area contributed by atoms with Crippen molar-refractivity contribution in [3.05, 3.63) is 59.7 Å². The molecule has 2 aliphatic rings. The van der Waals surface area contributed by atoms with Gasteiger partial charge in [0.25, 0.3) is 0 Å². The van der Waals surface area contributed by atoms with E-state index in [4.69, 9.17) is 0 Å². The first-order chi connectivity index (χ1) is 15.7. The molecule has 2 aromatic rings. The average Bonchev–Trinajstić information content (AvgIpc) is 3.08. The number of rotatable bonds is 5. The van der Waals surface area contributed by atoms with Crippen LogP contribution < -0.4 is 10.6 Å². The van der Waals surface area contributed by atoms with E-state index in [1.165, 1.54) is 0 Å². The van der Waals surface area contributed by atoms with E-state index >= 15 is 0 Å². The molecule has 4 rings (SSSR count). The number of fused-ring (bicyclic) bond motifs is 3. The molecule has 5 nitrogen and oxygen atoms in total. The Labute approximate surface area is 191 Å². The van der Waals surface area contributed by atoms with Crippen LogP contribution in [0.2, 0.25) is 0 Å². The van der Waals surface area contributed by atoms with Gasteiger partial charge in [-0.3, -0.25) is 4.79 Å². The number of benzene rings is 2. The Hall–Kier alpha value is -3.03.